The van der Waals surface area contributed by atoms with Crippen LogP contribution in [0.15, 0.2) is 71.4 Å². The number of aliphatic hydroxyl groups excluding tert-OH is 2. The molecule has 2 N–H and O–H groups in total. The minimum Gasteiger partial charge on any atom is -0.466 e. The van der Waals surface area contributed by atoms with Gasteiger partial charge in [-0.05, 0) is 58.1 Å². The topological polar surface area (TPSA) is 119 Å². The molecule has 1 saturated heterocycles. The van der Waals surface area contributed by atoms with E-state index >= 15 is 0 Å². The first-order valence-electron chi connectivity index (χ1n) is 13.7. The second-order valence-electron chi connectivity index (χ2n) is 11.5. The maximum absolute atomic E-state index is 13.4. The van der Waals surface area contributed by atoms with Gasteiger partial charge >= 0.3 is 11.9 Å². The highest BCUT2D eigenvalue weighted by molar-refractivity contribution is 5.89. The summed E-state index contributed by atoms with van der Waals surface area (Å²) in [6.45, 7) is 10.9. The number of hydrogen-bond donors (Lipinski definition) is 2. The van der Waals surface area contributed by atoms with Crippen molar-refractivity contribution in [2.24, 2.45) is 23.2 Å². The third kappa shape index (κ3) is 6.45. The smallest absolute Gasteiger partial charge is 0.330 e. The fourth-order valence-corrected chi connectivity index (χ4v) is 5.87. The molecule has 0 saturated carbocycles. The minimum absolute atomic E-state index is 0.122. The highest BCUT2D eigenvalue weighted by Gasteiger charge is 2.63. The SMILES string of the molecule is COC(=O)/C=C/C=C(C)/C=C/C=C(\C)[C@H](O)[C@H](C)C(=O)O[C@H]1C[C@H](C)C=C2C=C[C@@]3(C)O[C@@H](O)CC(=O)[C@]3(C)[C@H]21. The molecule has 8 heteroatoms. The van der Waals surface area contributed by atoms with Gasteiger partial charge in [0.05, 0.1) is 36.6 Å². The molecule has 0 radical (unpaired) electrons. The van der Waals surface area contributed by atoms with Crippen molar-refractivity contribution < 1.29 is 38.8 Å². The number of aliphatic hydroxyl groups is 2. The fourth-order valence-electron chi connectivity index (χ4n) is 5.87. The van der Waals surface area contributed by atoms with Crippen molar-refractivity contribution in [2.45, 2.75) is 78.5 Å². The Morgan fingerprint density at radius 1 is 1.18 bits per heavy atom. The number of hydrogen-bond acceptors (Lipinski definition) is 8. The van der Waals surface area contributed by atoms with E-state index < -0.39 is 53.3 Å². The van der Waals surface area contributed by atoms with Gasteiger partial charge in [0.25, 0.3) is 0 Å². The highest BCUT2D eigenvalue weighted by atomic mass is 16.6. The molecule has 1 heterocycles. The number of esters is 2. The van der Waals surface area contributed by atoms with Crippen LogP contribution in [0.1, 0.15) is 54.4 Å². The normalized spacial score (nSPS) is 34.2. The maximum atomic E-state index is 13.4. The van der Waals surface area contributed by atoms with Crippen molar-refractivity contribution in [1.82, 2.24) is 0 Å². The van der Waals surface area contributed by atoms with Gasteiger partial charge in [-0.2, -0.15) is 0 Å². The zero-order chi connectivity index (χ0) is 29.8. The number of allylic oxidation sites excluding steroid dienone is 8. The predicted octanol–water partition coefficient (Wildman–Crippen LogP) is 4.30. The summed E-state index contributed by atoms with van der Waals surface area (Å²) in [6, 6.07) is 0. The molecule has 0 unspecified atom stereocenters. The van der Waals surface area contributed by atoms with E-state index in [2.05, 4.69) is 10.8 Å². The molecule has 8 nitrogen and oxygen atoms in total. The molecule has 0 amide bonds. The van der Waals surface area contributed by atoms with Gasteiger partial charge in [0.2, 0.25) is 0 Å². The summed E-state index contributed by atoms with van der Waals surface area (Å²) in [5.74, 6) is -2.27. The lowest BCUT2D eigenvalue weighted by atomic mass is 9.53. The molecule has 218 valence electrons. The van der Waals surface area contributed by atoms with Crippen molar-refractivity contribution in [3.63, 3.8) is 0 Å². The summed E-state index contributed by atoms with van der Waals surface area (Å²) in [7, 11) is 1.31. The van der Waals surface area contributed by atoms with Crippen molar-refractivity contribution in [3.8, 4) is 0 Å². The van der Waals surface area contributed by atoms with E-state index in [0.29, 0.717) is 12.0 Å². The Morgan fingerprint density at radius 2 is 1.85 bits per heavy atom. The number of ketones is 1. The van der Waals surface area contributed by atoms with Crippen LogP contribution in [0.25, 0.3) is 0 Å². The molecular weight excluding hydrogens is 512 g/mol. The molecule has 2 aliphatic carbocycles. The van der Waals surface area contributed by atoms with Crippen LogP contribution in [0.2, 0.25) is 0 Å². The zero-order valence-corrected chi connectivity index (χ0v) is 24.4. The molecular formula is C32H42O8. The van der Waals surface area contributed by atoms with E-state index in [0.717, 1.165) is 11.1 Å². The molecule has 1 aliphatic heterocycles. The van der Waals surface area contributed by atoms with E-state index in [4.69, 9.17) is 9.47 Å². The summed E-state index contributed by atoms with van der Waals surface area (Å²) in [4.78, 5) is 37.9. The molecule has 3 rings (SSSR count). The third-order valence-corrected chi connectivity index (χ3v) is 8.47. The van der Waals surface area contributed by atoms with Crippen LogP contribution < -0.4 is 0 Å². The van der Waals surface area contributed by atoms with E-state index in [1.807, 2.05) is 39.0 Å². The van der Waals surface area contributed by atoms with Gasteiger partial charge in [-0.1, -0.05) is 61.1 Å². The number of rotatable bonds is 8. The van der Waals surface area contributed by atoms with Crippen molar-refractivity contribution >= 4 is 17.7 Å². The number of ether oxygens (including phenoxy) is 3. The number of Topliss-reactive ketones (excluding diaryl/α,β-unsaturated/α-hetero) is 1. The van der Waals surface area contributed by atoms with Gasteiger partial charge in [-0.15, -0.1) is 0 Å². The summed E-state index contributed by atoms with van der Waals surface area (Å²) in [6.07, 6.45) is 13.3. The van der Waals surface area contributed by atoms with Crippen molar-refractivity contribution in [1.29, 1.82) is 0 Å². The van der Waals surface area contributed by atoms with Crippen LogP contribution in [0.4, 0.5) is 0 Å². The molecule has 40 heavy (non-hydrogen) atoms. The van der Waals surface area contributed by atoms with Crippen LogP contribution in [-0.4, -0.2) is 59.1 Å². The van der Waals surface area contributed by atoms with Crippen LogP contribution in [0.5, 0.6) is 0 Å². The molecule has 3 aliphatic rings. The van der Waals surface area contributed by atoms with Crippen LogP contribution in [0.3, 0.4) is 0 Å². The summed E-state index contributed by atoms with van der Waals surface area (Å²) in [5.41, 5.74) is 0.299. The summed E-state index contributed by atoms with van der Waals surface area (Å²) < 4.78 is 16.5. The fraction of sp³-hybridized carbons (Fsp3) is 0.531. The molecule has 0 bridgehead atoms. The second kappa shape index (κ2) is 12.6. The molecule has 8 atom stereocenters. The van der Waals surface area contributed by atoms with Gasteiger partial charge in [0.1, 0.15) is 11.9 Å². The molecule has 0 spiro atoms. The zero-order valence-electron chi connectivity index (χ0n) is 24.4. The summed E-state index contributed by atoms with van der Waals surface area (Å²) in [5, 5.41) is 21.1. The first-order chi connectivity index (χ1) is 18.7. The maximum Gasteiger partial charge on any atom is 0.330 e. The Labute approximate surface area is 236 Å². The van der Waals surface area contributed by atoms with Crippen molar-refractivity contribution in [2.75, 3.05) is 7.11 Å². The Morgan fingerprint density at radius 3 is 2.52 bits per heavy atom. The lowest BCUT2D eigenvalue weighted by Crippen LogP contribution is -2.64. The largest absolute Gasteiger partial charge is 0.466 e. The lowest BCUT2D eigenvalue weighted by molar-refractivity contribution is -0.242. The average Bonchev–Trinajstić information content (AvgIpc) is 2.88. The lowest BCUT2D eigenvalue weighted by Gasteiger charge is -2.56. The van der Waals surface area contributed by atoms with Crippen molar-refractivity contribution in [3.05, 3.63) is 71.4 Å². The van der Waals surface area contributed by atoms with E-state index in [1.54, 1.807) is 45.1 Å². The Hall–Kier alpha value is -3.07. The first-order valence-corrected chi connectivity index (χ1v) is 13.7. The second-order valence-corrected chi connectivity index (χ2v) is 11.5. The number of methoxy groups -OCH3 is 1. The van der Waals surface area contributed by atoms with Crippen LogP contribution >= 0.6 is 0 Å². The van der Waals surface area contributed by atoms with Gasteiger partial charge in [0.15, 0.2) is 6.29 Å². The molecule has 0 aromatic carbocycles. The van der Waals surface area contributed by atoms with Crippen LogP contribution in [-0.2, 0) is 28.6 Å². The van der Waals surface area contributed by atoms with Gasteiger partial charge in [-0.3, -0.25) is 9.59 Å². The molecule has 1 fully saturated rings. The monoisotopic (exact) mass is 554 g/mol. The quantitative estimate of drug-likeness (QED) is 0.259. The Bertz CT molecular complexity index is 1190. The third-order valence-electron chi connectivity index (χ3n) is 8.47. The van der Waals surface area contributed by atoms with Crippen LogP contribution in [0, 0.1) is 23.2 Å². The molecule has 0 aromatic rings. The van der Waals surface area contributed by atoms with Gasteiger partial charge in [0, 0.05) is 12.0 Å². The minimum atomic E-state index is -1.18. The number of fused-ring (bicyclic) bond motifs is 3. The predicted molar refractivity (Wildman–Crippen MR) is 151 cm³/mol. The molecule has 0 aromatic heterocycles. The standard InChI is InChI=1S/C32H42O8/c1-19(11-9-13-26(34)38-7)10-8-12-21(3)29(36)22(4)30(37)39-24-17-20(2)16-23-14-15-31(5)32(6,28(23)24)25(33)18-27(35)40-31/h8-16,20,22,24,27-29,35-36H,17-18H2,1-7H3/b10-8+,13-9+,19-11+,21-12+/t20-,22+,24+,27-,28-,29+,31-,32-/m1/s1. The van der Waals surface area contributed by atoms with E-state index in [-0.39, 0.29) is 18.1 Å². The summed E-state index contributed by atoms with van der Waals surface area (Å²) >= 11 is 0. The Balaban J connectivity index is 1.74. The van der Waals surface area contributed by atoms with E-state index in [1.165, 1.54) is 13.2 Å². The number of carbonyl (C=O) groups is 3. The van der Waals surface area contributed by atoms with Gasteiger partial charge < -0.3 is 24.4 Å². The number of carbonyl (C=O) groups excluding carboxylic acids is 3. The highest BCUT2D eigenvalue weighted by Crippen LogP contribution is 2.56. The van der Waals surface area contributed by atoms with Gasteiger partial charge in [-0.25, -0.2) is 4.79 Å². The Kier molecular flexibility index (Phi) is 9.93. The first kappa shape index (κ1) is 31.5. The van der Waals surface area contributed by atoms with E-state index in [9.17, 15) is 24.6 Å². The average molecular weight is 555 g/mol.